The Kier molecular flexibility index (Phi) is 3.92. The van der Waals surface area contributed by atoms with E-state index in [1.165, 1.54) is 36.4 Å². The molecule has 0 aliphatic rings. The number of rotatable bonds is 2. The minimum Gasteiger partial charge on any atom is -0.289 e. The quantitative estimate of drug-likeness (QED) is 0.694. The van der Waals surface area contributed by atoms with Gasteiger partial charge in [0.05, 0.1) is 4.47 Å². The maximum atomic E-state index is 13.1. The summed E-state index contributed by atoms with van der Waals surface area (Å²) < 4.78 is 26.6. The molecule has 0 aliphatic carbocycles. The van der Waals surface area contributed by atoms with Gasteiger partial charge in [-0.25, -0.2) is 8.78 Å². The van der Waals surface area contributed by atoms with Crippen molar-refractivity contribution in [2.45, 2.75) is 0 Å². The molecule has 2 aromatic rings. The predicted molar refractivity (Wildman–Crippen MR) is 71.6 cm³/mol. The Bertz CT molecular complexity index is 626. The van der Waals surface area contributed by atoms with Crippen LogP contribution in [-0.2, 0) is 0 Å². The van der Waals surface area contributed by atoms with Gasteiger partial charge in [-0.2, -0.15) is 0 Å². The molecule has 0 unspecified atom stereocenters. The molecule has 0 N–H and O–H groups in total. The van der Waals surface area contributed by atoms with Gasteiger partial charge in [-0.15, -0.1) is 0 Å². The molecule has 1 nitrogen and oxygen atoms in total. The molecule has 0 spiro atoms. The molecule has 0 bridgehead atoms. The van der Waals surface area contributed by atoms with E-state index in [1.54, 1.807) is 0 Å². The van der Waals surface area contributed by atoms with Crippen molar-refractivity contribution in [2.75, 3.05) is 0 Å². The lowest BCUT2D eigenvalue weighted by Crippen LogP contribution is -2.03. The Morgan fingerprint density at radius 2 is 1.67 bits per heavy atom. The Morgan fingerprint density at radius 1 is 0.944 bits per heavy atom. The van der Waals surface area contributed by atoms with Crippen LogP contribution in [0.15, 0.2) is 45.3 Å². The van der Waals surface area contributed by atoms with Crippen molar-refractivity contribution >= 4 is 37.6 Å². The van der Waals surface area contributed by atoms with E-state index in [1.807, 2.05) is 0 Å². The lowest BCUT2D eigenvalue weighted by Gasteiger charge is -2.05. The zero-order chi connectivity index (χ0) is 13.3. The highest BCUT2D eigenvalue weighted by molar-refractivity contribution is 9.10. The molecule has 0 atom stereocenters. The zero-order valence-corrected chi connectivity index (χ0v) is 12.1. The highest BCUT2D eigenvalue weighted by Crippen LogP contribution is 2.23. The predicted octanol–water partition coefficient (Wildman–Crippen LogP) is 4.72. The van der Waals surface area contributed by atoms with Crippen molar-refractivity contribution in [2.24, 2.45) is 0 Å². The lowest BCUT2D eigenvalue weighted by atomic mass is 10.0. The highest BCUT2D eigenvalue weighted by atomic mass is 79.9. The summed E-state index contributed by atoms with van der Waals surface area (Å²) in [5, 5.41) is 0. The van der Waals surface area contributed by atoms with Gasteiger partial charge in [-0.1, -0.05) is 0 Å². The summed E-state index contributed by atoms with van der Waals surface area (Å²) in [6.07, 6.45) is 0. The number of hydrogen-bond donors (Lipinski definition) is 0. The molecule has 0 aromatic heterocycles. The van der Waals surface area contributed by atoms with E-state index in [2.05, 4.69) is 31.9 Å². The fourth-order valence-electron chi connectivity index (χ4n) is 1.47. The van der Waals surface area contributed by atoms with Gasteiger partial charge in [0.2, 0.25) is 0 Å². The number of benzene rings is 2. The Morgan fingerprint density at radius 3 is 2.28 bits per heavy atom. The third-order valence-electron chi connectivity index (χ3n) is 2.36. The SMILES string of the molecule is O=C(c1ccc(F)c(Br)c1)c1ccc(F)cc1Br. The first-order valence-electron chi connectivity index (χ1n) is 4.94. The molecule has 0 saturated carbocycles. The average Bonchev–Trinajstić information content (AvgIpc) is 2.32. The number of halogens is 4. The number of ketones is 1. The van der Waals surface area contributed by atoms with Gasteiger partial charge in [0.15, 0.2) is 5.78 Å². The van der Waals surface area contributed by atoms with E-state index in [0.29, 0.717) is 15.6 Å². The van der Waals surface area contributed by atoms with Crippen molar-refractivity contribution < 1.29 is 13.6 Å². The van der Waals surface area contributed by atoms with Crippen LogP contribution in [-0.4, -0.2) is 5.78 Å². The van der Waals surface area contributed by atoms with Crippen LogP contribution in [0.3, 0.4) is 0 Å². The van der Waals surface area contributed by atoms with Crippen molar-refractivity contribution in [1.82, 2.24) is 0 Å². The van der Waals surface area contributed by atoms with Crippen LogP contribution in [0, 0.1) is 11.6 Å². The van der Waals surface area contributed by atoms with E-state index in [-0.39, 0.29) is 10.3 Å². The lowest BCUT2D eigenvalue weighted by molar-refractivity contribution is 0.103. The van der Waals surface area contributed by atoms with E-state index in [0.717, 1.165) is 0 Å². The molecular formula is C13H6Br2F2O. The van der Waals surface area contributed by atoms with E-state index < -0.39 is 11.6 Å². The smallest absolute Gasteiger partial charge is 0.194 e. The molecule has 0 saturated heterocycles. The first-order valence-corrected chi connectivity index (χ1v) is 6.52. The molecule has 0 heterocycles. The Hall–Kier alpha value is -1.07. The van der Waals surface area contributed by atoms with E-state index in [4.69, 9.17) is 0 Å². The normalized spacial score (nSPS) is 10.4. The molecule has 0 radical (unpaired) electrons. The first-order chi connectivity index (χ1) is 8.49. The van der Waals surface area contributed by atoms with Crippen LogP contribution in [0.5, 0.6) is 0 Å². The van der Waals surface area contributed by atoms with Gasteiger partial charge in [0, 0.05) is 15.6 Å². The summed E-state index contributed by atoms with van der Waals surface area (Å²) in [6.45, 7) is 0. The minimum atomic E-state index is -0.440. The molecular weight excluding hydrogens is 370 g/mol. The third-order valence-corrected chi connectivity index (χ3v) is 3.62. The van der Waals surface area contributed by atoms with Crippen LogP contribution < -0.4 is 0 Å². The molecule has 2 rings (SSSR count). The molecule has 0 fully saturated rings. The molecule has 92 valence electrons. The number of carbonyl (C=O) groups is 1. The third kappa shape index (κ3) is 2.67. The zero-order valence-electron chi connectivity index (χ0n) is 8.88. The second kappa shape index (κ2) is 5.28. The Balaban J connectivity index is 2.44. The first kappa shape index (κ1) is 13.4. The second-order valence-corrected chi connectivity index (χ2v) is 5.29. The van der Waals surface area contributed by atoms with Crippen molar-refractivity contribution in [3.63, 3.8) is 0 Å². The van der Waals surface area contributed by atoms with Gasteiger partial charge in [0.25, 0.3) is 0 Å². The number of hydrogen-bond acceptors (Lipinski definition) is 1. The second-order valence-electron chi connectivity index (χ2n) is 3.58. The van der Waals surface area contributed by atoms with Gasteiger partial charge in [-0.05, 0) is 68.3 Å². The highest BCUT2D eigenvalue weighted by Gasteiger charge is 2.14. The van der Waals surface area contributed by atoms with Crippen LogP contribution in [0.25, 0.3) is 0 Å². The number of carbonyl (C=O) groups excluding carboxylic acids is 1. The van der Waals surface area contributed by atoms with Gasteiger partial charge in [-0.3, -0.25) is 4.79 Å². The maximum Gasteiger partial charge on any atom is 0.194 e. The van der Waals surface area contributed by atoms with E-state index >= 15 is 0 Å². The molecule has 0 aliphatic heterocycles. The molecule has 2 aromatic carbocycles. The van der Waals surface area contributed by atoms with Gasteiger partial charge in [0.1, 0.15) is 11.6 Å². The van der Waals surface area contributed by atoms with Crippen molar-refractivity contribution in [3.05, 3.63) is 68.1 Å². The maximum absolute atomic E-state index is 13.1. The monoisotopic (exact) mass is 374 g/mol. The summed E-state index contributed by atoms with van der Waals surface area (Å²) >= 11 is 6.15. The fraction of sp³-hybridized carbons (Fsp3) is 0. The fourth-order valence-corrected chi connectivity index (χ4v) is 2.38. The van der Waals surface area contributed by atoms with Crippen LogP contribution >= 0.6 is 31.9 Å². The van der Waals surface area contributed by atoms with E-state index in [9.17, 15) is 13.6 Å². The van der Waals surface area contributed by atoms with Crippen molar-refractivity contribution in [1.29, 1.82) is 0 Å². The summed E-state index contributed by atoms with van der Waals surface area (Å²) in [7, 11) is 0. The molecule has 0 amide bonds. The summed E-state index contributed by atoms with van der Waals surface area (Å²) in [5.74, 6) is -1.17. The summed E-state index contributed by atoms with van der Waals surface area (Å²) in [6, 6.07) is 7.79. The minimum absolute atomic E-state index is 0.214. The van der Waals surface area contributed by atoms with Gasteiger partial charge >= 0.3 is 0 Å². The summed E-state index contributed by atoms with van der Waals surface area (Å²) in [5.41, 5.74) is 0.658. The Labute approximate surface area is 119 Å². The molecule has 5 heteroatoms. The molecule has 18 heavy (non-hydrogen) atoms. The van der Waals surface area contributed by atoms with Crippen molar-refractivity contribution in [3.8, 4) is 0 Å². The van der Waals surface area contributed by atoms with Crippen LogP contribution in [0.1, 0.15) is 15.9 Å². The van der Waals surface area contributed by atoms with Crippen LogP contribution in [0.2, 0.25) is 0 Å². The van der Waals surface area contributed by atoms with Gasteiger partial charge < -0.3 is 0 Å². The average molecular weight is 376 g/mol. The standard InChI is InChI=1S/C13H6Br2F2O/c14-10-6-8(16)2-3-9(10)13(18)7-1-4-12(17)11(15)5-7/h1-6H. The topological polar surface area (TPSA) is 17.1 Å². The van der Waals surface area contributed by atoms with Crippen LogP contribution in [0.4, 0.5) is 8.78 Å². The summed E-state index contributed by atoms with van der Waals surface area (Å²) in [4.78, 5) is 12.1. The largest absolute Gasteiger partial charge is 0.289 e.